The number of aromatic nitrogens is 2. The Kier molecular flexibility index (Phi) is 4.77. The molecule has 0 unspecified atom stereocenters. The summed E-state index contributed by atoms with van der Waals surface area (Å²) in [6.45, 7) is 3.97. The van der Waals surface area contributed by atoms with Crippen molar-refractivity contribution in [2.75, 3.05) is 5.32 Å². The molecule has 142 valence electrons. The number of hydrogen-bond acceptors (Lipinski definition) is 3. The van der Waals surface area contributed by atoms with Crippen LogP contribution in [0.3, 0.4) is 0 Å². The lowest BCUT2D eigenvalue weighted by Crippen LogP contribution is -2.28. The third-order valence-corrected chi connectivity index (χ3v) is 5.39. The first kappa shape index (κ1) is 18.4. The van der Waals surface area contributed by atoms with Crippen LogP contribution in [0.1, 0.15) is 46.4 Å². The van der Waals surface area contributed by atoms with Gasteiger partial charge in [-0.15, -0.1) is 0 Å². The van der Waals surface area contributed by atoms with Crippen molar-refractivity contribution >= 4 is 29.1 Å². The van der Waals surface area contributed by atoms with Crippen molar-refractivity contribution in [3.05, 3.63) is 75.9 Å². The molecule has 0 aliphatic carbocycles. The zero-order valence-corrected chi connectivity index (χ0v) is 16.5. The fraction of sp³-hybridized carbons (Fsp3) is 0.227. The van der Waals surface area contributed by atoms with Gasteiger partial charge in [-0.1, -0.05) is 30.7 Å². The molecule has 1 N–H and O–H groups in total. The van der Waals surface area contributed by atoms with Gasteiger partial charge in [-0.2, -0.15) is 5.10 Å². The van der Waals surface area contributed by atoms with E-state index in [1.807, 2.05) is 31.2 Å². The highest BCUT2D eigenvalue weighted by Crippen LogP contribution is 2.38. The Morgan fingerprint density at radius 2 is 1.86 bits per heavy atom. The summed E-state index contributed by atoms with van der Waals surface area (Å²) in [6.07, 6.45) is 1.06. The lowest BCUT2D eigenvalue weighted by molar-refractivity contribution is -0.116. The molecule has 4 rings (SSSR count). The van der Waals surface area contributed by atoms with Crippen LogP contribution in [0, 0.1) is 6.92 Å². The van der Waals surface area contributed by atoms with Gasteiger partial charge in [0.25, 0.3) is 0 Å². The van der Waals surface area contributed by atoms with Crippen LogP contribution in [0.15, 0.2) is 48.5 Å². The van der Waals surface area contributed by atoms with E-state index >= 15 is 0 Å². The predicted octanol–water partition coefficient (Wildman–Crippen LogP) is 4.71. The monoisotopic (exact) mass is 393 g/mol. The Hall–Kier alpha value is -2.92. The van der Waals surface area contributed by atoms with Crippen LogP contribution < -0.4 is 5.32 Å². The number of carbonyl (C=O) groups excluding carboxylic acids is 2. The minimum Gasteiger partial charge on any atom is -0.310 e. The Balaban J connectivity index is 1.78. The average Bonchev–Trinajstić information content (AvgIpc) is 3.03. The predicted molar refractivity (Wildman–Crippen MR) is 109 cm³/mol. The van der Waals surface area contributed by atoms with Crippen molar-refractivity contribution in [3.8, 4) is 5.69 Å². The lowest BCUT2D eigenvalue weighted by atomic mass is 9.85. The number of Topliss-reactive ketones (excluding diaryl/α,β-unsaturated/α-hetero) is 1. The summed E-state index contributed by atoms with van der Waals surface area (Å²) in [5.74, 6) is -0.276. The van der Waals surface area contributed by atoms with Crippen LogP contribution >= 0.6 is 11.6 Å². The first-order chi connectivity index (χ1) is 13.5. The highest BCUT2D eigenvalue weighted by Gasteiger charge is 2.36. The van der Waals surface area contributed by atoms with Gasteiger partial charge in [0.2, 0.25) is 5.91 Å². The highest BCUT2D eigenvalue weighted by atomic mass is 35.5. The van der Waals surface area contributed by atoms with Gasteiger partial charge in [0.05, 0.1) is 17.3 Å². The maximum atomic E-state index is 13.1. The topological polar surface area (TPSA) is 64.0 Å². The second-order valence-electron chi connectivity index (χ2n) is 6.96. The maximum absolute atomic E-state index is 13.1. The zero-order valence-electron chi connectivity index (χ0n) is 15.7. The first-order valence-electron chi connectivity index (χ1n) is 9.26. The standard InChI is InChI=1S/C22H20ClN3O2/c1-3-14-4-10-17(11-5-14)26-22-20(13(2)25-26)18(12-19(27)24-22)21(28)15-6-8-16(23)9-7-15/h4-11,18H,3,12H2,1-2H3,(H,24,27)/t18-/m0/s1. The molecule has 0 bridgehead atoms. The molecule has 5 nitrogen and oxygen atoms in total. The molecule has 1 aliphatic heterocycles. The largest absolute Gasteiger partial charge is 0.310 e. The molecule has 2 heterocycles. The van der Waals surface area contributed by atoms with Crippen LogP contribution in [-0.2, 0) is 11.2 Å². The van der Waals surface area contributed by atoms with Crippen molar-refractivity contribution in [2.45, 2.75) is 32.6 Å². The van der Waals surface area contributed by atoms with Gasteiger partial charge in [-0.25, -0.2) is 4.68 Å². The summed E-state index contributed by atoms with van der Waals surface area (Å²) < 4.78 is 1.71. The molecule has 1 amide bonds. The summed E-state index contributed by atoms with van der Waals surface area (Å²) in [4.78, 5) is 25.5. The summed E-state index contributed by atoms with van der Waals surface area (Å²) in [6, 6.07) is 14.8. The molecule has 0 fully saturated rings. The number of amides is 1. The molecular weight excluding hydrogens is 374 g/mol. The van der Waals surface area contributed by atoms with Crippen LogP contribution in [0.25, 0.3) is 5.69 Å². The van der Waals surface area contributed by atoms with Gasteiger partial charge >= 0.3 is 0 Å². The smallest absolute Gasteiger partial charge is 0.226 e. The van der Waals surface area contributed by atoms with Crippen molar-refractivity contribution in [3.63, 3.8) is 0 Å². The normalized spacial score (nSPS) is 15.8. The van der Waals surface area contributed by atoms with Crippen molar-refractivity contribution in [1.29, 1.82) is 0 Å². The molecule has 28 heavy (non-hydrogen) atoms. The minimum atomic E-state index is -0.561. The third kappa shape index (κ3) is 3.22. The number of halogens is 1. The fourth-order valence-corrected chi connectivity index (χ4v) is 3.77. The summed E-state index contributed by atoms with van der Waals surface area (Å²) in [5, 5.41) is 8.10. The van der Waals surface area contributed by atoms with E-state index in [1.165, 1.54) is 5.56 Å². The number of anilines is 1. The SMILES string of the molecule is CCc1ccc(-n2nc(C)c3c2NC(=O)C[C@@H]3C(=O)c2ccc(Cl)cc2)cc1. The Labute approximate surface area is 168 Å². The van der Waals surface area contributed by atoms with E-state index in [2.05, 4.69) is 17.3 Å². The quantitative estimate of drug-likeness (QED) is 0.653. The molecule has 3 aromatic rings. The number of ketones is 1. The highest BCUT2D eigenvalue weighted by molar-refractivity contribution is 6.30. The van der Waals surface area contributed by atoms with Gasteiger partial charge in [0.15, 0.2) is 5.78 Å². The number of rotatable bonds is 4. The van der Waals surface area contributed by atoms with Gasteiger partial charge in [-0.05, 0) is 55.3 Å². The van der Waals surface area contributed by atoms with E-state index < -0.39 is 5.92 Å². The Bertz CT molecular complexity index is 1050. The van der Waals surface area contributed by atoms with Crippen LogP contribution in [-0.4, -0.2) is 21.5 Å². The van der Waals surface area contributed by atoms with Gasteiger partial charge in [0, 0.05) is 22.6 Å². The summed E-state index contributed by atoms with van der Waals surface area (Å²) in [7, 11) is 0. The molecule has 1 aromatic heterocycles. The van der Waals surface area contributed by atoms with E-state index in [-0.39, 0.29) is 18.1 Å². The molecule has 0 saturated carbocycles. The molecule has 2 aromatic carbocycles. The average molecular weight is 394 g/mol. The minimum absolute atomic E-state index is 0.100. The molecule has 0 spiro atoms. The lowest BCUT2D eigenvalue weighted by Gasteiger charge is -2.23. The fourth-order valence-electron chi connectivity index (χ4n) is 3.65. The van der Waals surface area contributed by atoms with Crippen LogP contribution in [0.5, 0.6) is 0 Å². The molecule has 1 atom stereocenters. The van der Waals surface area contributed by atoms with Gasteiger partial charge < -0.3 is 5.32 Å². The number of nitrogens with one attached hydrogen (secondary N) is 1. The van der Waals surface area contributed by atoms with Gasteiger partial charge in [0.1, 0.15) is 5.82 Å². The maximum Gasteiger partial charge on any atom is 0.226 e. The number of aryl methyl sites for hydroxylation is 2. The van der Waals surface area contributed by atoms with Crippen molar-refractivity contribution in [1.82, 2.24) is 9.78 Å². The Morgan fingerprint density at radius 3 is 2.50 bits per heavy atom. The zero-order chi connectivity index (χ0) is 19.8. The molecule has 0 saturated heterocycles. The van der Waals surface area contributed by atoms with Crippen LogP contribution in [0.2, 0.25) is 5.02 Å². The first-order valence-corrected chi connectivity index (χ1v) is 9.64. The number of fused-ring (bicyclic) bond motifs is 1. The second kappa shape index (κ2) is 7.24. The van der Waals surface area contributed by atoms with E-state index in [9.17, 15) is 9.59 Å². The number of carbonyl (C=O) groups is 2. The second-order valence-corrected chi connectivity index (χ2v) is 7.39. The van der Waals surface area contributed by atoms with E-state index in [4.69, 9.17) is 11.6 Å². The molecule has 6 heteroatoms. The Morgan fingerprint density at radius 1 is 1.18 bits per heavy atom. The van der Waals surface area contributed by atoms with E-state index in [1.54, 1.807) is 28.9 Å². The molecular formula is C22H20ClN3O2. The summed E-state index contributed by atoms with van der Waals surface area (Å²) >= 11 is 5.94. The van der Waals surface area contributed by atoms with Gasteiger partial charge in [-0.3, -0.25) is 9.59 Å². The molecule has 1 aliphatic rings. The van der Waals surface area contributed by atoms with E-state index in [0.29, 0.717) is 16.4 Å². The van der Waals surface area contributed by atoms with Crippen LogP contribution in [0.4, 0.5) is 5.82 Å². The molecule has 0 radical (unpaired) electrons. The number of benzene rings is 2. The number of hydrogen-bond donors (Lipinski definition) is 1. The third-order valence-electron chi connectivity index (χ3n) is 5.14. The summed E-state index contributed by atoms with van der Waals surface area (Å²) in [5.41, 5.74) is 4.12. The van der Waals surface area contributed by atoms with Crippen molar-refractivity contribution < 1.29 is 9.59 Å². The number of nitrogens with zero attached hydrogens (tertiary/aromatic N) is 2. The van der Waals surface area contributed by atoms with E-state index in [0.717, 1.165) is 23.4 Å². The van der Waals surface area contributed by atoms with Crippen molar-refractivity contribution in [2.24, 2.45) is 0 Å².